The van der Waals surface area contributed by atoms with Crippen molar-refractivity contribution in [3.8, 4) is 11.5 Å². The number of hydrogen-bond donors (Lipinski definition) is 3. The lowest BCUT2D eigenvalue weighted by Gasteiger charge is -2.11. The largest absolute Gasteiger partial charge is 0.508 e. The molecule has 1 aromatic rings. The van der Waals surface area contributed by atoms with Gasteiger partial charge in [-0.25, -0.2) is 0 Å². The van der Waals surface area contributed by atoms with Crippen LogP contribution in [0.4, 0.5) is 0 Å². The van der Waals surface area contributed by atoms with Gasteiger partial charge < -0.3 is 20.5 Å². The Morgan fingerprint density at radius 2 is 2.35 bits per heavy atom. The summed E-state index contributed by atoms with van der Waals surface area (Å²) in [5.41, 5.74) is 1.05. The number of phenols is 1. The fourth-order valence-corrected chi connectivity index (χ4v) is 1.85. The van der Waals surface area contributed by atoms with Gasteiger partial charge in [0.05, 0.1) is 6.04 Å². The van der Waals surface area contributed by atoms with Gasteiger partial charge in [0, 0.05) is 31.6 Å². The Kier molecular flexibility index (Phi) is 3.49. The van der Waals surface area contributed by atoms with Crippen molar-refractivity contribution in [1.82, 2.24) is 10.6 Å². The molecule has 3 N–H and O–H groups in total. The minimum absolute atomic E-state index is 0.0280. The molecule has 92 valence electrons. The first kappa shape index (κ1) is 11.7. The van der Waals surface area contributed by atoms with E-state index in [4.69, 9.17) is 4.74 Å². The first-order valence-electron chi connectivity index (χ1n) is 5.60. The molecule has 1 heterocycles. The summed E-state index contributed by atoms with van der Waals surface area (Å²) >= 11 is 0. The first-order chi connectivity index (χ1) is 8.16. The Bertz CT molecular complexity index is 420. The number of aromatic hydroxyl groups is 1. The summed E-state index contributed by atoms with van der Waals surface area (Å²) in [5.74, 6) is 0.907. The Morgan fingerprint density at radius 3 is 3.12 bits per heavy atom. The highest BCUT2D eigenvalue weighted by Crippen LogP contribution is 2.34. The van der Waals surface area contributed by atoms with E-state index >= 15 is 0 Å². The van der Waals surface area contributed by atoms with E-state index in [9.17, 15) is 9.90 Å². The van der Waals surface area contributed by atoms with Crippen LogP contribution in [0.25, 0.3) is 0 Å². The van der Waals surface area contributed by atoms with Crippen LogP contribution in [-0.2, 0) is 4.79 Å². The van der Waals surface area contributed by atoms with Gasteiger partial charge >= 0.3 is 0 Å². The van der Waals surface area contributed by atoms with Gasteiger partial charge in [0.2, 0.25) is 5.91 Å². The lowest BCUT2D eigenvalue weighted by Crippen LogP contribution is -2.32. The molecule has 1 aliphatic rings. The maximum atomic E-state index is 10.7. The summed E-state index contributed by atoms with van der Waals surface area (Å²) in [5, 5.41) is 15.3. The van der Waals surface area contributed by atoms with Gasteiger partial charge in [0.1, 0.15) is 18.1 Å². The van der Waals surface area contributed by atoms with Crippen LogP contribution in [0.15, 0.2) is 18.2 Å². The first-order valence-corrected chi connectivity index (χ1v) is 5.60. The molecule has 1 unspecified atom stereocenters. The number of phenolic OH excluding ortho intramolecular Hbond substituents is 1. The molecular formula is C12H16N2O3. The Morgan fingerprint density at radius 1 is 1.53 bits per heavy atom. The maximum Gasteiger partial charge on any atom is 0.216 e. The molecule has 17 heavy (non-hydrogen) atoms. The Hall–Kier alpha value is -1.75. The van der Waals surface area contributed by atoms with Crippen LogP contribution in [0.2, 0.25) is 0 Å². The summed E-state index contributed by atoms with van der Waals surface area (Å²) in [6.45, 7) is 3.34. The van der Waals surface area contributed by atoms with Gasteiger partial charge in [-0.2, -0.15) is 0 Å². The number of fused-ring (bicyclic) bond motifs is 1. The molecule has 0 saturated heterocycles. The monoisotopic (exact) mass is 236 g/mol. The molecule has 0 bridgehead atoms. The van der Waals surface area contributed by atoms with Gasteiger partial charge in [0.15, 0.2) is 0 Å². The van der Waals surface area contributed by atoms with Crippen LogP contribution in [0, 0.1) is 0 Å². The molecule has 1 aliphatic heterocycles. The molecule has 0 aliphatic carbocycles. The molecule has 1 aromatic carbocycles. The van der Waals surface area contributed by atoms with Gasteiger partial charge in [0.25, 0.3) is 0 Å². The Labute approximate surface area is 99.8 Å². The standard InChI is InChI=1S/C12H16N2O3/c1-8(15)13-4-5-14-11-7-17-12-6-9(16)2-3-10(11)12/h2-3,6,11,14,16H,4-5,7H2,1H3,(H,13,15). The number of ether oxygens (including phenoxy) is 1. The van der Waals surface area contributed by atoms with E-state index in [-0.39, 0.29) is 17.7 Å². The minimum Gasteiger partial charge on any atom is -0.508 e. The van der Waals surface area contributed by atoms with Crippen molar-refractivity contribution < 1.29 is 14.6 Å². The Balaban J connectivity index is 1.87. The highest BCUT2D eigenvalue weighted by Gasteiger charge is 2.23. The number of rotatable bonds is 4. The quantitative estimate of drug-likeness (QED) is 0.668. The van der Waals surface area contributed by atoms with Gasteiger partial charge in [-0.05, 0) is 12.1 Å². The molecule has 0 aromatic heterocycles. The molecule has 0 spiro atoms. The van der Waals surface area contributed by atoms with Crippen molar-refractivity contribution >= 4 is 5.91 Å². The van der Waals surface area contributed by atoms with Crippen molar-refractivity contribution in [1.29, 1.82) is 0 Å². The predicted molar refractivity (Wildman–Crippen MR) is 63.0 cm³/mol. The number of carbonyl (C=O) groups excluding carboxylic acids is 1. The molecule has 1 atom stereocenters. The predicted octanol–water partition coefficient (Wildman–Crippen LogP) is 0.551. The molecule has 0 fully saturated rings. The van der Waals surface area contributed by atoms with Crippen LogP contribution >= 0.6 is 0 Å². The van der Waals surface area contributed by atoms with Crippen LogP contribution in [-0.4, -0.2) is 30.7 Å². The number of carbonyl (C=O) groups is 1. The lowest BCUT2D eigenvalue weighted by molar-refractivity contribution is -0.118. The zero-order chi connectivity index (χ0) is 12.3. The minimum atomic E-state index is -0.0280. The highest BCUT2D eigenvalue weighted by molar-refractivity contribution is 5.72. The maximum absolute atomic E-state index is 10.7. The second-order valence-corrected chi connectivity index (χ2v) is 4.02. The van der Waals surface area contributed by atoms with Crippen LogP contribution < -0.4 is 15.4 Å². The van der Waals surface area contributed by atoms with E-state index in [0.717, 1.165) is 11.3 Å². The smallest absolute Gasteiger partial charge is 0.216 e. The number of amides is 1. The molecule has 1 amide bonds. The van der Waals surface area contributed by atoms with Crippen LogP contribution in [0.3, 0.4) is 0 Å². The van der Waals surface area contributed by atoms with Gasteiger partial charge in [-0.3, -0.25) is 4.79 Å². The summed E-state index contributed by atoms with van der Waals surface area (Å²) in [6.07, 6.45) is 0. The van der Waals surface area contributed by atoms with Gasteiger partial charge in [-0.15, -0.1) is 0 Å². The molecule has 2 rings (SSSR count). The third-order valence-electron chi connectivity index (χ3n) is 2.67. The SMILES string of the molecule is CC(=O)NCCNC1COc2cc(O)ccc21. The van der Waals surface area contributed by atoms with Crippen molar-refractivity contribution in [2.24, 2.45) is 0 Å². The summed E-state index contributed by atoms with van der Waals surface area (Å²) in [6, 6.07) is 5.24. The summed E-state index contributed by atoms with van der Waals surface area (Å²) in [7, 11) is 0. The number of benzene rings is 1. The summed E-state index contributed by atoms with van der Waals surface area (Å²) in [4.78, 5) is 10.7. The van der Waals surface area contributed by atoms with E-state index in [1.54, 1.807) is 12.1 Å². The fraction of sp³-hybridized carbons (Fsp3) is 0.417. The molecular weight excluding hydrogens is 220 g/mol. The number of hydrogen-bond acceptors (Lipinski definition) is 4. The van der Waals surface area contributed by atoms with Crippen molar-refractivity contribution in [3.05, 3.63) is 23.8 Å². The summed E-state index contributed by atoms with van der Waals surface area (Å²) < 4.78 is 5.46. The molecule has 5 nitrogen and oxygen atoms in total. The molecule has 0 radical (unpaired) electrons. The third-order valence-corrected chi connectivity index (χ3v) is 2.67. The molecule has 0 saturated carbocycles. The third kappa shape index (κ3) is 2.88. The van der Waals surface area contributed by atoms with Crippen molar-refractivity contribution in [3.63, 3.8) is 0 Å². The average Bonchev–Trinajstić information content (AvgIpc) is 2.66. The fourth-order valence-electron chi connectivity index (χ4n) is 1.85. The highest BCUT2D eigenvalue weighted by atomic mass is 16.5. The second-order valence-electron chi connectivity index (χ2n) is 4.02. The zero-order valence-corrected chi connectivity index (χ0v) is 9.69. The van der Waals surface area contributed by atoms with E-state index in [2.05, 4.69) is 10.6 Å². The van der Waals surface area contributed by atoms with Crippen molar-refractivity contribution in [2.45, 2.75) is 13.0 Å². The average molecular weight is 236 g/mol. The van der Waals surface area contributed by atoms with Crippen LogP contribution in [0.1, 0.15) is 18.5 Å². The number of nitrogens with one attached hydrogen (secondary N) is 2. The van der Waals surface area contributed by atoms with E-state index in [1.807, 2.05) is 6.07 Å². The van der Waals surface area contributed by atoms with E-state index in [0.29, 0.717) is 19.7 Å². The van der Waals surface area contributed by atoms with Crippen molar-refractivity contribution in [2.75, 3.05) is 19.7 Å². The van der Waals surface area contributed by atoms with Crippen LogP contribution in [0.5, 0.6) is 11.5 Å². The second kappa shape index (κ2) is 5.05. The van der Waals surface area contributed by atoms with Gasteiger partial charge in [-0.1, -0.05) is 0 Å². The van der Waals surface area contributed by atoms with E-state index < -0.39 is 0 Å². The van der Waals surface area contributed by atoms with E-state index in [1.165, 1.54) is 6.92 Å². The zero-order valence-electron chi connectivity index (χ0n) is 9.69. The normalized spacial score (nSPS) is 17.4. The molecule has 5 heteroatoms. The topological polar surface area (TPSA) is 70.6 Å². The lowest BCUT2D eigenvalue weighted by atomic mass is 10.1.